The Bertz CT molecular complexity index is 563. The molecule has 0 saturated heterocycles. The topological polar surface area (TPSA) is 141 Å². The highest BCUT2D eigenvalue weighted by molar-refractivity contribution is 5.77. The summed E-state index contributed by atoms with van der Waals surface area (Å²) in [6, 6.07) is -2.05. The van der Waals surface area contributed by atoms with Gasteiger partial charge >= 0.3 is 0 Å². The number of nitrogens with zero attached hydrogens (tertiary/aromatic N) is 3. The highest BCUT2D eigenvalue weighted by atomic mass is 16.3. The molecule has 0 saturated carbocycles. The molecular weight excluding hydrogens is 192 g/mol. The molecule has 2 aromatic rings. The second-order valence-corrected chi connectivity index (χ2v) is 2.38. The van der Waals surface area contributed by atoms with Crippen molar-refractivity contribution in [2.24, 2.45) is 0 Å². The van der Waals surface area contributed by atoms with Crippen LogP contribution < -0.4 is 20.9 Å². The largest absolute Gasteiger partial charge is 0.857 e. The zero-order valence-electron chi connectivity index (χ0n) is 6.47. The van der Waals surface area contributed by atoms with Crippen molar-refractivity contribution in [2.75, 3.05) is 0 Å². The van der Waals surface area contributed by atoms with Gasteiger partial charge in [0.05, 0.1) is 12.0 Å². The summed E-state index contributed by atoms with van der Waals surface area (Å²) in [5, 5.41) is 32.4. The molecule has 14 heavy (non-hydrogen) atoms. The number of nitrogens with one attached hydrogen (secondary N) is 1. The first-order valence-corrected chi connectivity index (χ1v) is 3.41. The quantitative estimate of drug-likeness (QED) is 0.467. The van der Waals surface area contributed by atoms with E-state index in [1.54, 1.807) is 4.98 Å². The summed E-state index contributed by atoms with van der Waals surface area (Å²) in [4.78, 5) is 22.1. The van der Waals surface area contributed by atoms with Gasteiger partial charge in [-0.3, -0.25) is 9.78 Å². The molecule has 2 aromatic heterocycles. The first kappa shape index (κ1) is 8.23. The van der Waals surface area contributed by atoms with Crippen LogP contribution in [0.2, 0.25) is 0 Å². The Morgan fingerprint density at radius 3 is 2.43 bits per heavy atom. The minimum Gasteiger partial charge on any atom is -0.857 e. The molecule has 0 bridgehead atoms. The van der Waals surface area contributed by atoms with Gasteiger partial charge in [-0.25, -0.2) is 9.97 Å². The highest BCUT2D eigenvalue weighted by Crippen LogP contribution is 2.14. The molecule has 72 valence electrons. The maximum atomic E-state index is 11.0. The van der Waals surface area contributed by atoms with Gasteiger partial charge in [0.2, 0.25) is 0 Å². The van der Waals surface area contributed by atoms with Crippen LogP contribution in [-0.4, -0.2) is 19.9 Å². The lowest BCUT2D eigenvalue weighted by atomic mass is 10.4. The van der Waals surface area contributed by atoms with Crippen LogP contribution in [0.3, 0.4) is 0 Å². The van der Waals surface area contributed by atoms with E-state index in [4.69, 9.17) is 0 Å². The Kier molecular flexibility index (Phi) is 1.50. The number of hydrogen-bond donors (Lipinski definition) is 1. The van der Waals surface area contributed by atoms with E-state index in [0.29, 0.717) is 0 Å². The van der Waals surface area contributed by atoms with Crippen LogP contribution in [0.15, 0.2) is 4.79 Å². The van der Waals surface area contributed by atoms with Gasteiger partial charge in [-0.1, -0.05) is 0 Å². The number of fused-ring (bicyclic) bond motifs is 1. The predicted octanol–water partition coefficient (Wildman–Crippen LogP) is -3.07. The van der Waals surface area contributed by atoms with Gasteiger partial charge < -0.3 is 20.3 Å². The maximum Gasteiger partial charge on any atom is 0.276 e. The van der Waals surface area contributed by atoms with E-state index in [2.05, 4.69) is 15.0 Å². The van der Waals surface area contributed by atoms with E-state index in [1.807, 2.05) is 0 Å². The average Bonchev–Trinajstić information content (AvgIpc) is 2.07. The minimum absolute atomic E-state index is 0.463. The zero-order valence-corrected chi connectivity index (χ0v) is 6.47. The van der Waals surface area contributed by atoms with Crippen LogP contribution in [0, 0.1) is 0 Å². The highest BCUT2D eigenvalue weighted by Gasteiger charge is 2.02. The number of H-pyrrole nitrogens is 1. The summed E-state index contributed by atoms with van der Waals surface area (Å²) in [6.45, 7) is 0. The lowest BCUT2D eigenvalue weighted by Crippen LogP contribution is -2.16. The van der Waals surface area contributed by atoms with Gasteiger partial charge in [0, 0.05) is 5.88 Å². The molecule has 0 fully saturated rings. The van der Waals surface area contributed by atoms with Crippen molar-refractivity contribution in [3.63, 3.8) is 0 Å². The fourth-order valence-corrected chi connectivity index (χ4v) is 0.960. The van der Waals surface area contributed by atoms with Crippen LogP contribution in [0.25, 0.3) is 11.0 Å². The summed E-state index contributed by atoms with van der Waals surface area (Å²) in [6.07, 6.45) is 0. The lowest BCUT2D eigenvalue weighted by molar-refractivity contribution is -0.296. The van der Waals surface area contributed by atoms with Gasteiger partial charge in [0.1, 0.15) is 5.52 Å². The third-order valence-corrected chi connectivity index (χ3v) is 1.48. The fourth-order valence-electron chi connectivity index (χ4n) is 0.960. The molecular formula is C6HN4O4-3. The summed E-state index contributed by atoms with van der Waals surface area (Å²) in [5.41, 5.74) is -1.87. The molecule has 8 nitrogen and oxygen atoms in total. The van der Waals surface area contributed by atoms with Crippen LogP contribution in [0.1, 0.15) is 0 Å². The predicted molar refractivity (Wildman–Crippen MR) is 36.3 cm³/mol. The minimum atomic E-state index is -1.08. The Morgan fingerprint density at radius 2 is 1.71 bits per heavy atom. The van der Waals surface area contributed by atoms with Gasteiger partial charge in [-0.2, -0.15) is 0 Å². The summed E-state index contributed by atoms with van der Waals surface area (Å²) in [7, 11) is 0. The molecule has 0 radical (unpaired) electrons. The van der Waals surface area contributed by atoms with Crippen molar-refractivity contribution >= 4 is 11.0 Å². The number of aromatic amines is 1. The van der Waals surface area contributed by atoms with E-state index in [9.17, 15) is 20.1 Å². The molecule has 0 amide bonds. The fraction of sp³-hybridized carbons (Fsp3) is 0. The molecule has 0 aliphatic rings. The molecule has 0 aliphatic heterocycles. The molecule has 2 rings (SSSR count). The molecule has 8 heteroatoms. The Morgan fingerprint density at radius 1 is 1.00 bits per heavy atom. The van der Waals surface area contributed by atoms with Crippen molar-refractivity contribution in [1.82, 2.24) is 19.9 Å². The van der Waals surface area contributed by atoms with Crippen LogP contribution in [0.4, 0.5) is 0 Å². The average molecular weight is 193 g/mol. The second kappa shape index (κ2) is 2.55. The molecule has 0 aromatic carbocycles. The van der Waals surface area contributed by atoms with Crippen molar-refractivity contribution in [2.45, 2.75) is 0 Å². The monoisotopic (exact) mass is 193 g/mol. The zero-order chi connectivity index (χ0) is 10.3. The van der Waals surface area contributed by atoms with E-state index in [-0.39, 0.29) is 0 Å². The molecule has 2 heterocycles. The van der Waals surface area contributed by atoms with Crippen molar-refractivity contribution in [1.29, 1.82) is 0 Å². The van der Waals surface area contributed by atoms with E-state index in [1.165, 1.54) is 0 Å². The number of hydrogen-bond acceptors (Lipinski definition) is 7. The summed E-state index contributed by atoms with van der Waals surface area (Å²) in [5.74, 6) is -1.02. The van der Waals surface area contributed by atoms with Gasteiger partial charge in [-0.15, -0.1) is 0 Å². The number of aromatic nitrogens is 4. The summed E-state index contributed by atoms with van der Waals surface area (Å²) >= 11 is 0. The summed E-state index contributed by atoms with van der Waals surface area (Å²) < 4.78 is 0. The third kappa shape index (κ3) is 1.09. The Balaban J connectivity index is 3.02. The van der Waals surface area contributed by atoms with Gasteiger partial charge in [-0.05, 0) is 0 Å². The SMILES string of the molecule is O=c1[nH]c([O-])nc2c([O-])nc([O-])nc12. The number of rotatable bonds is 0. The van der Waals surface area contributed by atoms with E-state index >= 15 is 0 Å². The molecule has 0 atom stereocenters. The maximum absolute atomic E-state index is 11.0. The van der Waals surface area contributed by atoms with Crippen LogP contribution in [0.5, 0.6) is 17.9 Å². The van der Waals surface area contributed by atoms with Gasteiger partial charge in [0.25, 0.3) is 5.56 Å². The molecule has 0 aliphatic carbocycles. The molecule has 0 unspecified atom stereocenters. The van der Waals surface area contributed by atoms with Crippen LogP contribution in [-0.2, 0) is 0 Å². The van der Waals surface area contributed by atoms with Crippen molar-refractivity contribution in [3.8, 4) is 17.9 Å². The normalized spacial score (nSPS) is 10.6. The van der Waals surface area contributed by atoms with Crippen molar-refractivity contribution < 1.29 is 15.3 Å². The standard InChI is InChI=1S/C6H4N4O4/c11-3-1-2(8-6(14)9-3)4(12)10-5(13)7-1/h(H2,7,10,12,13)(H2,8,9,11,14)/p-3. The second-order valence-electron chi connectivity index (χ2n) is 2.38. The smallest absolute Gasteiger partial charge is 0.276 e. The van der Waals surface area contributed by atoms with E-state index in [0.717, 1.165) is 0 Å². The third-order valence-electron chi connectivity index (χ3n) is 1.48. The molecule has 1 N–H and O–H groups in total. The van der Waals surface area contributed by atoms with Gasteiger partial charge in [0.15, 0.2) is 5.52 Å². The van der Waals surface area contributed by atoms with Crippen molar-refractivity contribution in [3.05, 3.63) is 10.4 Å². The first-order chi connectivity index (χ1) is 6.58. The molecule has 0 spiro atoms. The lowest BCUT2D eigenvalue weighted by Gasteiger charge is -2.13. The van der Waals surface area contributed by atoms with E-state index < -0.39 is 34.5 Å². The Labute approximate surface area is 75.5 Å². The Hall–Kier alpha value is -2.38. The van der Waals surface area contributed by atoms with Crippen LogP contribution >= 0.6 is 0 Å². The first-order valence-electron chi connectivity index (χ1n) is 3.41.